The van der Waals surface area contributed by atoms with Crippen LogP contribution in [0.2, 0.25) is 10.0 Å². The number of halogens is 2. The first kappa shape index (κ1) is 13.3. The van der Waals surface area contributed by atoms with E-state index in [0.29, 0.717) is 10.9 Å². The van der Waals surface area contributed by atoms with Gasteiger partial charge in [0.1, 0.15) is 5.76 Å². The Kier molecular flexibility index (Phi) is 3.75. The second kappa shape index (κ2) is 5.35. The van der Waals surface area contributed by atoms with Crippen molar-refractivity contribution in [2.45, 2.75) is 38.6 Å². The average molecular weight is 298 g/mol. The molecule has 1 N–H and O–H groups in total. The second-order valence-corrected chi connectivity index (χ2v) is 5.94. The first-order valence-corrected chi connectivity index (χ1v) is 7.58. The zero-order chi connectivity index (χ0) is 13.4. The third-order valence-corrected chi connectivity index (χ3v) is 4.16. The molecule has 3 rings (SSSR count). The number of hydrogen-bond acceptors (Lipinski definition) is 2. The van der Waals surface area contributed by atoms with E-state index in [1.165, 1.54) is 18.4 Å². The van der Waals surface area contributed by atoms with Gasteiger partial charge in [0.25, 0.3) is 0 Å². The van der Waals surface area contributed by atoms with Gasteiger partial charge in [0.15, 0.2) is 5.58 Å². The Morgan fingerprint density at radius 2 is 2.00 bits per heavy atom. The predicted octanol–water partition coefficient (Wildman–Crippen LogP) is 5.12. The molecular formula is C15H17Cl2NO. The molecule has 1 aliphatic rings. The van der Waals surface area contributed by atoms with Crippen LogP contribution >= 0.6 is 23.2 Å². The van der Waals surface area contributed by atoms with E-state index in [4.69, 9.17) is 27.6 Å². The molecule has 0 bridgehead atoms. The number of benzene rings is 1. The van der Waals surface area contributed by atoms with Gasteiger partial charge in [-0.1, -0.05) is 30.1 Å². The normalized spacial score (nSPS) is 15.3. The van der Waals surface area contributed by atoms with Crippen molar-refractivity contribution < 1.29 is 4.42 Å². The maximum atomic E-state index is 6.34. The molecule has 0 aliphatic heterocycles. The van der Waals surface area contributed by atoms with E-state index >= 15 is 0 Å². The molecule has 1 aromatic heterocycles. The van der Waals surface area contributed by atoms with Gasteiger partial charge in [0.2, 0.25) is 0 Å². The summed E-state index contributed by atoms with van der Waals surface area (Å²) in [4.78, 5) is 0. The number of nitrogens with one attached hydrogen (secondary N) is 1. The van der Waals surface area contributed by atoms with Gasteiger partial charge in [-0.25, -0.2) is 0 Å². The smallest absolute Gasteiger partial charge is 0.154 e. The lowest BCUT2D eigenvalue weighted by atomic mass is 10.1. The molecule has 1 heterocycles. The molecule has 0 spiro atoms. The first-order valence-electron chi connectivity index (χ1n) is 6.82. The summed E-state index contributed by atoms with van der Waals surface area (Å²) in [5.74, 6) is 1.59. The fourth-order valence-corrected chi connectivity index (χ4v) is 2.96. The van der Waals surface area contributed by atoms with E-state index in [2.05, 4.69) is 12.2 Å². The van der Waals surface area contributed by atoms with Crippen molar-refractivity contribution >= 4 is 34.2 Å². The fraction of sp³-hybridized carbons (Fsp3) is 0.467. The third kappa shape index (κ3) is 2.49. The molecule has 1 saturated carbocycles. The van der Waals surface area contributed by atoms with E-state index < -0.39 is 0 Å². The van der Waals surface area contributed by atoms with Gasteiger partial charge in [-0.05, 0) is 43.9 Å². The zero-order valence-electron chi connectivity index (χ0n) is 10.9. The number of furan rings is 1. The standard InChI is InChI=1S/C15H17Cl2NO/c1-2-7-18-8-12-13(9-3-4-9)14-10(16)5-6-11(17)15(14)19-12/h5-6,9,18H,2-4,7-8H2,1H3. The van der Waals surface area contributed by atoms with E-state index in [1.807, 2.05) is 6.07 Å². The fourth-order valence-electron chi connectivity index (χ4n) is 2.52. The first-order chi connectivity index (χ1) is 9.22. The van der Waals surface area contributed by atoms with Crippen molar-refractivity contribution in [1.29, 1.82) is 0 Å². The Morgan fingerprint density at radius 3 is 2.68 bits per heavy atom. The van der Waals surface area contributed by atoms with E-state index in [1.54, 1.807) is 6.07 Å². The molecule has 1 aromatic carbocycles. The van der Waals surface area contributed by atoms with E-state index in [0.717, 1.165) is 41.3 Å². The highest BCUT2D eigenvalue weighted by Gasteiger charge is 2.32. The summed E-state index contributed by atoms with van der Waals surface area (Å²) >= 11 is 12.6. The highest BCUT2D eigenvalue weighted by atomic mass is 35.5. The van der Waals surface area contributed by atoms with Crippen molar-refractivity contribution in [3.63, 3.8) is 0 Å². The van der Waals surface area contributed by atoms with Crippen molar-refractivity contribution in [3.8, 4) is 0 Å². The molecule has 0 amide bonds. The van der Waals surface area contributed by atoms with E-state index in [9.17, 15) is 0 Å². The van der Waals surface area contributed by atoms with Gasteiger partial charge in [-0.15, -0.1) is 0 Å². The molecule has 102 valence electrons. The SMILES string of the molecule is CCCNCc1oc2c(Cl)ccc(Cl)c2c1C1CC1. The molecule has 0 unspecified atom stereocenters. The predicted molar refractivity (Wildman–Crippen MR) is 80.2 cm³/mol. The second-order valence-electron chi connectivity index (χ2n) is 5.12. The lowest BCUT2D eigenvalue weighted by Gasteiger charge is -2.03. The van der Waals surface area contributed by atoms with Gasteiger partial charge in [0.05, 0.1) is 16.6 Å². The molecule has 19 heavy (non-hydrogen) atoms. The quantitative estimate of drug-likeness (QED) is 0.775. The molecule has 0 radical (unpaired) electrons. The number of hydrogen-bond donors (Lipinski definition) is 1. The monoisotopic (exact) mass is 297 g/mol. The van der Waals surface area contributed by atoms with Gasteiger partial charge in [-0.3, -0.25) is 0 Å². The maximum absolute atomic E-state index is 6.34. The minimum atomic E-state index is 0.593. The van der Waals surface area contributed by atoms with Crippen molar-refractivity contribution in [2.24, 2.45) is 0 Å². The van der Waals surface area contributed by atoms with Gasteiger partial charge in [-0.2, -0.15) is 0 Å². The molecule has 2 nitrogen and oxygen atoms in total. The van der Waals surface area contributed by atoms with Crippen molar-refractivity contribution in [2.75, 3.05) is 6.54 Å². The molecule has 4 heteroatoms. The minimum Gasteiger partial charge on any atom is -0.458 e. The lowest BCUT2D eigenvalue weighted by Crippen LogP contribution is -2.14. The Bertz CT molecular complexity index is 602. The Balaban J connectivity index is 2.08. The topological polar surface area (TPSA) is 25.2 Å². The molecule has 0 saturated heterocycles. The van der Waals surface area contributed by atoms with E-state index in [-0.39, 0.29) is 0 Å². The van der Waals surface area contributed by atoms with Crippen LogP contribution in [0.4, 0.5) is 0 Å². The summed E-state index contributed by atoms with van der Waals surface area (Å²) < 4.78 is 5.98. The maximum Gasteiger partial charge on any atom is 0.154 e. The number of rotatable bonds is 5. The van der Waals surface area contributed by atoms with Crippen molar-refractivity contribution in [1.82, 2.24) is 5.32 Å². The largest absolute Gasteiger partial charge is 0.458 e. The lowest BCUT2D eigenvalue weighted by molar-refractivity contribution is 0.507. The van der Waals surface area contributed by atoms with Gasteiger partial charge in [0, 0.05) is 10.9 Å². The van der Waals surface area contributed by atoms with Crippen LogP contribution in [0.3, 0.4) is 0 Å². The highest BCUT2D eigenvalue weighted by Crippen LogP contribution is 2.49. The Morgan fingerprint density at radius 1 is 1.26 bits per heavy atom. The summed E-state index contributed by atoms with van der Waals surface area (Å²) in [6, 6.07) is 3.66. The van der Waals surface area contributed by atoms with Crippen LogP contribution in [0, 0.1) is 0 Å². The van der Waals surface area contributed by atoms with Crippen LogP contribution in [0.15, 0.2) is 16.5 Å². The Labute approximate surface area is 123 Å². The minimum absolute atomic E-state index is 0.593. The third-order valence-electron chi connectivity index (χ3n) is 3.55. The van der Waals surface area contributed by atoms with Crippen LogP contribution in [-0.2, 0) is 6.54 Å². The molecular weight excluding hydrogens is 281 g/mol. The van der Waals surface area contributed by atoms with Crippen molar-refractivity contribution in [3.05, 3.63) is 33.5 Å². The Hall–Kier alpha value is -0.700. The molecule has 2 aromatic rings. The summed E-state index contributed by atoms with van der Waals surface area (Å²) in [6.07, 6.45) is 3.55. The van der Waals surface area contributed by atoms with Crippen LogP contribution in [0.5, 0.6) is 0 Å². The summed E-state index contributed by atoms with van der Waals surface area (Å²) in [6.45, 7) is 3.89. The zero-order valence-corrected chi connectivity index (χ0v) is 12.4. The summed E-state index contributed by atoms with van der Waals surface area (Å²) in [5, 5.41) is 5.80. The molecule has 1 aliphatic carbocycles. The van der Waals surface area contributed by atoms with Crippen LogP contribution in [-0.4, -0.2) is 6.54 Å². The number of fused-ring (bicyclic) bond motifs is 1. The van der Waals surface area contributed by atoms with Gasteiger partial charge >= 0.3 is 0 Å². The van der Waals surface area contributed by atoms with Crippen LogP contribution in [0.25, 0.3) is 11.0 Å². The van der Waals surface area contributed by atoms with Crippen LogP contribution in [0.1, 0.15) is 43.4 Å². The summed E-state index contributed by atoms with van der Waals surface area (Å²) in [5.41, 5.74) is 2.01. The molecule has 0 atom stereocenters. The molecule has 1 fully saturated rings. The van der Waals surface area contributed by atoms with Crippen LogP contribution < -0.4 is 5.32 Å². The summed E-state index contributed by atoms with van der Waals surface area (Å²) in [7, 11) is 0. The van der Waals surface area contributed by atoms with Gasteiger partial charge < -0.3 is 9.73 Å². The average Bonchev–Trinajstić information content (AvgIpc) is 3.16. The highest BCUT2D eigenvalue weighted by molar-refractivity contribution is 6.40.